The molecular weight excluding hydrogens is 467 g/mol. The van der Waals surface area contributed by atoms with Gasteiger partial charge in [0.15, 0.2) is 0 Å². The largest absolute Gasteiger partial charge is 0.463 e. The molecule has 2 aromatic rings. The van der Waals surface area contributed by atoms with E-state index in [-0.39, 0.29) is 41.6 Å². The average molecular weight is 489 g/mol. The van der Waals surface area contributed by atoms with Gasteiger partial charge in [0.2, 0.25) is 0 Å². The van der Waals surface area contributed by atoms with E-state index in [0.29, 0.717) is 5.56 Å². The Kier molecular flexibility index (Phi) is 8.01. The fourth-order valence-corrected chi connectivity index (χ4v) is 3.77. The molecule has 0 radical (unpaired) electrons. The van der Waals surface area contributed by atoms with Crippen molar-refractivity contribution in [2.45, 2.75) is 26.3 Å². The van der Waals surface area contributed by atoms with Crippen LogP contribution in [0, 0.1) is 15.9 Å². The maximum atomic E-state index is 13.3. The molecule has 178 valence electrons. The molecule has 0 fully saturated rings. The summed E-state index contributed by atoms with van der Waals surface area (Å²) >= 11 is 5.96. The minimum atomic E-state index is -0.987. The molecule has 1 heterocycles. The van der Waals surface area contributed by atoms with Crippen LogP contribution < -0.4 is 0 Å². The van der Waals surface area contributed by atoms with Crippen molar-refractivity contribution in [2.24, 2.45) is 0 Å². The van der Waals surface area contributed by atoms with E-state index in [2.05, 4.69) is 0 Å². The molecule has 0 N–H and O–H groups in total. The summed E-state index contributed by atoms with van der Waals surface area (Å²) in [5.41, 5.74) is 0.841. The van der Waals surface area contributed by atoms with Gasteiger partial charge in [0, 0.05) is 25.0 Å². The molecule has 0 bridgehead atoms. The van der Waals surface area contributed by atoms with E-state index in [9.17, 15) is 24.1 Å². The summed E-state index contributed by atoms with van der Waals surface area (Å²) in [4.78, 5) is 38.3. The van der Waals surface area contributed by atoms with Crippen molar-refractivity contribution in [1.29, 1.82) is 0 Å². The molecule has 0 amide bonds. The molecule has 0 aromatic heterocycles. The van der Waals surface area contributed by atoms with Gasteiger partial charge in [-0.05, 0) is 43.2 Å². The predicted octanol–water partition coefficient (Wildman–Crippen LogP) is 4.88. The van der Waals surface area contributed by atoms with E-state index in [4.69, 9.17) is 21.1 Å². The average Bonchev–Trinajstić information content (AvgIpc) is 2.80. The van der Waals surface area contributed by atoms with Crippen molar-refractivity contribution in [3.05, 3.63) is 98.1 Å². The van der Waals surface area contributed by atoms with Crippen molar-refractivity contribution >= 4 is 29.2 Å². The molecule has 1 aliphatic rings. The van der Waals surface area contributed by atoms with Gasteiger partial charge in [-0.3, -0.25) is 10.1 Å². The molecule has 0 atom stereocenters. The number of esters is 2. The van der Waals surface area contributed by atoms with Crippen LogP contribution in [0.5, 0.6) is 0 Å². The van der Waals surface area contributed by atoms with Gasteiger partial charge < -0.3 is 14.4 Å². The lowest BCUT2D eigenvalue weighted by molar-refractivity contribution is -0.384. The number of nitro groups is 1. The van der Waals surface area contributed by atoms with Crippen molar-refractivity contribution in [2.75, 3.05) is 13.2 Å². The number of carbonyl (C=O) groups is 2. The first-order valence-electron chi connectivity index (χ1n) is 10.5. The van der Waals surface area contributed by atoms with E-state index in [1.807, 2.05) is 0 Å². The number of carbonyl (C=O) groups excluding carboxylic acids is 2. The highest BCUT2D eigenvalue weighted by molar-refractivity contribution is 6.32. The molecule has 2 aromatic carbocycles. The summed E-state index contributed by atoms with van der Waals surface area (Å²) < 4.78 is 23.7. The third kappa shape index (κ3) is 5.60. The zero-order valence-electron chi connectivity index (χ0n) is 18.5. The molecular formula is C24H22ClFN2O6. The van der Waals surface area contributed by atoms with Crippen LogP contribution in [-0.2, 0) is 25.6 Å². The van der Waals surface area contributed by atoms with Crippen molar-refractivity contribution in [3.63, 3.8) is 0 Å². The van der Waals surface area contributed by atoms with Crippen LogP contribution in [-0.4, -0.2) is 35.0 Å². The molecule has 1 aliphatic heterocycles. The number of nitro benzene ring substituents is 1. The number of hydrogen-bond donors (Lipinski definition) is 0. The first kappa shape index (κ1) is 24.9. The lowest BCUT2D eigenvalue weighted by atomic mass is 9.83. The Hall–Kier alpha value is -3.72. The predicted molar refractivity (Wildman–Crippen MR) is 122 cm³/mol. The van der Waals surface area contributed by atoms with Crippen LogP contribution in [0.3, 0.4) is 0 Å². The van der Waals surface area contributed by atoms with E-state index in [0.717, 1.165) is 5.56 Å². The van der Waals surface area contributed by atoms with Crippen molar-refractivity contribution in [1.82, 2.24) is 4.90 Å². The smallest absolute Gasteiger partial charge is 0.336 e. The van der Waals surface area contributed by atoms with Crippen molar-refractivity contribution in [3.8, 4) is 0 Å². The highest BCUT2D eigenvalue weighted by atomic mass is 35.5. The summed E-state index contributed by atoms with van der Waals surface area (Å²) in [5.74, 6) is -2.76. The summed E-state index contributed by atoms with van der Waals surface area (Å²) in [5, 5.41) is 11.4. The highest BCUT2D eigenvalue weighted by Gasteiger charge is 2.36. The van der Waals surface area contributed by atoms with Crippen LogP contribution in [0.1, 0.15) is 30.9 Å². The Balaban J connectivity index is 2.13. The number of nitrogens with zero attached hydrogens (tertiary/aromatic N) is 2. The second-order valence-corrected chi connectivity index (χ2v) is 7.72. The molecule has 34 heavy (non-hydrogen) atoms. The summed E-state index contributed by atoms with van der Waals surface area (Å²) in [6, 6.07) is 9.85. The Morgan fingerprint density at radius 3 is 2.09 bits per heavy atom. The van der Waals surface area contributed by atoms with Crippen LogP contribution >= 0.6 is 11.6 Å². The zero-order valence-corrected chi connectivity index (χ0v) is 19.3. The number of halogens is 2. The van der Waals surface area contributed by atoms with Crippen LogP contribution in [0.2, 0.25) is 5.02 Å². The Morgan fingerprint density at radius 2 is 1.59 bits per heavy atom. The maximum Gasteiger partial charge on any atom is 0.336 e. The SMILES string of the molecule is CCOC(=O)C1=CN(Cc2ccc(F)cc2)C=C(C(=O)OCC)C1c1ccc(Cl)c([N+](=O)[O-])c1. The van der Waals surface area contributed by atoms with E-state index >= 15 is 0 Å². The lowest BCUT2D eigenvalue weighted by Gasteiger charge is -2.30. The second kappa shape index (κ2) is 10.9. The molecule has 0 aliphatic carbocycles. The minimum absolute atomic E-state index is 0.0779. The van der Waals surface area contributed by atoms with Gasteiger partial charge in [0.05, 0.1) is 35.2 Å². The normalized spacial score (nSPS) is 13.7. The number of benzene rings is 2. The molecule has 3 rings (SSSR count). The van der Waals surface area contributed by atoms with E-state index in [1.54, 1.807) is 30.9 Å². The fourth-order valence-electron chi connectivity index (χ4n) is 3.58. The zero-order chi connectivity index (χ0) is 24.8. The van der Waals surface area contributed by atoms with Gasteiger partial charge >= 0.3 is 11.9 Å². The van der Waals surface area contributed by atoms with Gasteiger partial charge in [-0.25, -0.2) is 14.0 Å². The first-order chi connectivity index (χ1) is 16.2. The monoisotopic (exact) mass is 488 g/mol. The van der Waals surface area contributed by atoms with E-state index < -0.39 is 28.6 Å². The van der Waals surface area contributed by atoms with Gasteiger partial charge in [0.25, 0.3) is 5.69 Å². The fraction of sp³-hybridized carbons (Fsp3) is 0.250. The summed E-state index contributed by atoms with van der Waals surface area (Å²) in [7, 11) is 0. The topological polar surface area (TPSA) is 99.0 Å². The maximum absolute atomic E-state index is 13.3. The van der Waals surface area contributed by atoms with Crippen LogP contribution in [0.15, 0.2) is 66.0 Å². The third-order valence-corrected chi connectivity index (χ3v) is 5.35. The Morgan fingerprint density at radius 1 is 1.03 bits per heavy atom. The second-order valence-electron chi connectivity index (χ2n) is 7.31. The van der Waals surface area contributed by atoms with Gasteiger partial charge in [0.1, 0.15) is 10.8 Å². The quantitative estimate of drug-likeness (QED) is 0.296. The molecule has 0 unspecified atom stereocenters. The van der Waals surface area contributed by atoms with Crippen LogP contribution in [0.25, 0.3) is 0 Å². The lowest BCUT2D eigenvalue weighted by Crippen LogP contribution is -2.29. The highest BCUT2D eigenvalue weighted by Crippen LogP contribution is 2.40. The third-order valence-electron chi connectivity index (χ3n) is 5.03. The van der Waals surface area contributed by atoms with Gasteiger partial charge in [-0.2, -0.15) is 0 Å². The summed E-state index contributed by atoms with van der Waals surface area (Å²) in [6.07, 6.45) is 3.02. The molecule has 0 saturated heterocycles. The summed E-state index contributed by atoms with van der Waals surface area (Å²) in [6.45, 7) is 3.67. The van der Waals surface area contributed by atoms with E-state index in [1.165, 1.54) is 42.7 Å². The van der Waals surface area contributed by atoms with Gasteiger partial charge in [-0.15, -0.1) is 0 Å². The molecule has 0 spiro atoms. The molecule has 0 saturated carbocycles. The first-order valence-corrected chi connectivity index (χ1v) is 10.8. The Labute approximate surface area is 200 Å². The molecule has 8 nitrogen and oxygen atoms in total. The Bertz CT molecular complexity index is 1130. The minimum Gasteiger partial charge on any atom is -0.463 e. The number of hydrogen-bond acceptors (Lipinski definition) is 7. The molecule has 10 heteroatoms. The number of rotatable bonds is 8. The van der Waals surface area contributed by atoms with Gasteiger partial charge in [-0.1, -0.05) is 29.8 Å². The van der Waals surface area contributed by atoms with Crippen molar-refractivity contribution < 1.29 is 28.4 Å². The van der Waals surface area contributed by atoms with Crippen LogP contribution in [0.4, 0.5) is 10.1 Å². The number of ether oxygens (including phenoxy) is 2. The standard InChI is InChI=1S/C24H22ClFN2O6/c1-3-33-23(29)18-13-27(12-15-5-8-17(26)9-6-15)14-19(24(30)34-4-2)22(18)16-7-10-20(25)21(11-16)28(31)32/h5-11,13-14,22H,3-4,12H2,1-2H3.